The van der Waals surface area contributed by atoms with Gasteiger partial charge < -0.3 is 20.3 Å². The Morgan fingerprint density at radius 2 is 2.36 bits per heavy atom. The van der Waals surface area contributed by atoms with Gasteiger partial charge in [0.1, 0.15) is 0 Å². The normalized spacial score (nSPS) is 19.6. The lowest BCUT2D eigenvalue weighted by Crippen LogP contribution is -2.23. The van der Waals surface area contributed by atoms with Crippen LogP contribution in [-0.2, 0) is 4.74 Å². The molecule has 2 unspecified atom stereocenters. The third-order valence-corrected chi connectivity index (χ3v) is 4.90. The highest BCUT2D eigenvalue weighted by molar-refractivity contribution is 7.99. The SMILES string of the molecule is O=C(O)NCCC(O)c1cccc(SCC2CCCOC2)c1. The number of rotatable bonds is 7. The second-order valence-electron chi connectivity index (χ2n) is 5.50. The van der Waals surface area contributed by atoms with E-state index in [2.05, 4.69) is 5.32 Å². The molecule has 1 aromatic rings. The average Bonchev–Trinajstić information content (AvgIpc) is 2.54. The third kappa shape index (κ3) is 5.87. The van der Waals surface area contributed by atoms with Gasteiger partial charge in [-0.2, -0.15) is 0 Å². The molecule has 1 aliphatic rings. The molecule has 22 heavy (non-hydrogen) atoms. The van der Waals surface area contributed by atoms with Crippen molar-refractivity contribution in [1.29, 1.82) is 0 Å². The summed E-state index contributed by atoms with van der Waals surface area (Å²) in [7, 11) is 0. The summed E-state index contributed by atoms with van der Waals surface area (Å²) in [6.07, 6.45) is 1.02. The maximum Gasteiger partial charge on any atom is 0.404 e. The molecule has 0 aromatic heterocycles. The van der Waals surface area contributed by atoms with Crippen LogP contribution >= 0.6 is 11.8 Å². The number of amides is 1. The highest BCUT2D eigenvalue weighted by Gasteiger charge is 2.14. The summed E-state index contributed by atoms with van der Waals surface area (Å²) in [5, 5.41) is 20.9. The van der Waals surface area contributed by atoms with Crippen molar-refractivity contribution in [3.63, 3.8) is 0 Å². The Kier molecular flexibility index (Phi) is 7.02. The highest BCUT2D eigenvalue weighted by Crippen LogP contribution is 2.27. The van der Waals surface area contributed by atoms with E-state index >= 15 is 0 Å². The number of nitrogens with one attached hydrogen (secondary N) is 1. The van der Waals surface area contributed by atoms with Crippen LogP contribution in [0.4, 0.5) is 4.79 Å². The van der Waals surface area contributed by atoms with Gasteiger partial charge in [-0.3, -0.25) is 0 Å². The van der Waals surface area contributed by atoms with Crippen molar-refractivity contribution in [2.24, 2.45) is 5.92 Å². The van der Waals surface area contributed by atoms with Gasteiger partial charge in [-0.15, -0.1) is 11.8 Å². The standard InChI is InChI=1S/C16H23NO4S/c18-15(6-7-17-16(19)20)13-4-1-5-14(9-13)22-11-12-3-2-8-21-10-12/h1,4-5,9,12,15,17-18H,2-3,6-8,10-11H2,(H,19,20). The topological polar surface area (TPSA) is 78.8 Å². The quantitative estimate of drug-likeness (QED) is 0.672. The molecular weight excluding hydrogens is 302 g/mol. The van der Waals surface area contributed by atoms with E-state index in [-0.39, 0.29) is 6.54 Å². The third-order valence-electron chi connectivity index (χ3n) is 3.68. The first kappa shape index (κ1) is 17.1. The molecule has 0 aliphatic carbocycles. The van der Waals surface area contributed by atoms with Crippen LogP contribution in [0.2, 0.25) is 0 Å². The molecule has 2 rings (SSSR count). The number of carboxylic acid groups (broad SMARTS) is 1. The van der Waals surface area contributed by atoms with E-state index in [4.69, 9.17) is 9.84 Å². The number of benzene rings is 1. The molecule has 0 bridgehead atoms. The smallest absolute Gasteiger partial charge is 0.404 e. The Morgan fingerprint density at radius 1 is 1.50 bits per heavy atom. The van der Waals surface area contributed by atoms with Crippen LogP contribution in [0.5, 0.6) is 0 Å². The van der Waals surface area contributed by atoms with Gasteiger partial charge in [-0.25, -0.2) is 4.79 Å². The molecule has 1 fully saturated rings. The van der Waals surface area contributed by atoms with Gasteiger partial charge in [0.15, 0.2) is 0 Å². The molecule has 0 radical (unpaired) electrons. The summed E-state index contributed by atoms with van der Waals surface area (Å²) in [5.74, 6) is 1.63. The minimum atomic E-state index is -1.06. The number of hydrogen-bond donors (Lipinski definition) is 3. The molecule has 0 saturated carbocycles. The van der Waals surface area contributed by atoms with Crippen LogP contribution in [0.15, 0.2) is 29.2 Å². The van der Waals surface area contributed by atoms with Gasteiger partial charge in [0.05, 0.1) is 12.7 Å². The van der Waals surface area contributed by atoms with E-state index in [0.29, 0.717) is 12.3 Å². The van der Waals surface area contributed by atoms with Crippen molar-refractivity contribution >= 4 is 17.9 Å². The van der Waals surface area contributed by atoms with Crippen LogP contribution in [0.1, 0.15) is 30.9 Å². The first-order chi connectivity index (χ1) is 10.6. The lowest BCUT2D eigenvalue weighted by molar-refractivity contribution is 0.0632. The number of ether oxygens (including phenoxy) is 1. The molecule has 1 aromatic carbocycles. The van der Waals surface area contributed by atoms with Crippen molar-refractivity contribution in [3.05, 3.63) is 29.8 Å². The van der Waals surface area contributed by atoms with Gasteiger partial charge in [0.25, 0.3) is 0 Å². The minimum Gasteiger partial charge on any atom is -0.465 e. The molecule has 1 aliphatic heterocycles. The zero-order valence-electron chi connectivity index (χ0n) is 12.5. The minimum absolute atomic E-state index is 0.243. The molecule has 3 N–H and O–H groups in total. The number of carbonyl (C=O) groups is 1. The molecule has 0 spiro atoms. The van der Waals surface area contributed by atoms with Gasteiger partial charge in [0, 0.05) is 23.8 Å². The summed E-state index contributed by atoms with van der Waals surface area (Å²) in [4.78, 5) is 11.5. The van der Waals surface area contributed by atoms with Crippen LogP contribution in [0.25, 0.3) is 0 Å². The summed E-state index contributed by atoms with van der Waals surface area (Å²) in [5.41, 5.74) is 0.831. The lowest BCUT2D eigenvalue weighted by atomic mass is 10.1. The molecular formula is C16H23NO4S. The van der Waals surface area contributed by atoms with Crippen molar-refractivity contribution in [1.82, 2.24) is 5.32 Å². The Bertz CT molecular complexity index is 477. The zero-order chi connectivity index (χ0) is 15.8. The molecule has 6 heteroatoms. The van der Waals surface area contributed by atoms with E-state index in [1.807, 2.05) is 24.3 Å². The second kappa shape index (κ2) is 9.02. The predicted molar refractivity (Wildman–Crippen MR) is 86.3 cm³/mol. The monoisotopic (exact) mass is 325 g/mol. The molecule has 1 saturated heterocycles. The molecule has 5 nitrogen and oxygen atoms in total. The van der Waals surface area contributed by atoms with Crippen LogP contribution in [-0.4, -0.2) is 41.8 Å². The highest BCUT2D eigenvalue weighted by atomic mass is 32.2. The Hall–Kier alpha value is -1.24. The Labute approximate surface area is 135 Å². The van der Waals surface area contributed by atoms with Crippen molar-refractivity contribution < 1.29 is 19.7 Å². The fourth-order valence-electron chi connectivity index (χ4n) is 2.45. The maximum absolute atomic E-state index is 10.4. The van der Waals surface area contributed by atoms with Gasteiger partial charge in [-0.05, 0) is 42.9 Å². The molecule has 1 amide bonds. The van der Waals surface area contributed by atoms with E-state index in [1.165, 1.54) is 6.42 Å². The van der Waals surface area contributed by atoms with E-state index < -0.39 is 12.2 Å². The van der Waals surface area contributed by atoms with E-state index in [9.17, 15) is 9.90 Å². The molecule has 2 atom stereocenters. The Morgan fingerprint density at radius 3 is 3.09 bits per heavy atom. The number of thioether (sulfide) groups is 1. The van der Waals surface area contributed by atoms with E-state index in [1.54, 1.807) is 11.8 Å². The molecule has 122 valence electrons. The van der Waals surface area contributed by atoms with Crippen molar-refractivity contribution in [2.45, 2.75) is 30.3 Å². The van der Waals surface area contributed by atoms with Gasteiger partial charge in [-0.1, -0.05) is 12.1 Å². The summed E-state index contributed by atoms with van der Waals surface area (Å²) >= 11 is 1.79. The van der Waals surface area contributed by atoms with Crippen LogP contribution in [0, 0.1) is 5.92 Å². The Balaban J connectivity index is 1.81. The van der Waals surface area contributed by atoms with Crippen LogP contribution < -0.4 is 5.32 Å². The van der Waals surface area contributed by atoms with Crippen molar-refractivity contribution in [3.8, 4) is 0 Å². The first-order valence-corrected chi connectivity index (χ1v) is 8.59. The second-order valence-corrected chi connectivity index (χ2v) is 6.60. The average molecular weight is 325 g/mol. The van der Waals surface area contributed by atoms with Crippen LogP contribution in [0.3, 0.4) is 0 Å². The maximum atomic E-state index is 10.4. The summed E-state index contributed by atoms with van der Waals surface area (Å²) in [6.45, 7) is 1.97. The number of hydrogen-bond acceptors (Lipinski definition) is 4. The van der Waals surface area contributed by atoms with Gasteiger partial charge >= 0.3 is 6.09 Å². The predicted octanol–water partition coefficient (Wildman–Crippen LogP) is 2.90. The number of aliphatic hydroxyl groups is 1. The summed E-state index contributed by atoms with van der Waals surface area (Å²) in [6, 6.07) is 7.84. The fraction of sp³-hybridized carbons (Fsp3) is 0.562. The van der Waals surface area contributed by atoms with E-state index in [0.717, 1.165) is 35.8 Å². The zero-order valence-corrected chi connectivity index (χ0v) is 13.3. The summed E-state index contributed by atoms with van der Waals surface area (Å²) < 4.78 is 5.49. The number of aliphatic hydroxyl groups excluding tert-OH is 1. The lowest BCUT2D eigenvalue weighted by Gasteiger charge is -2.21. The molecule has 1 heterocycles. The fourth-order valence-corrected chi connectivity index (χ4v) is 3.53. The van der Waals surface area contributed by atoms with Crippen molar-refractivity contribution in [2.75, 3.05) is 25.5 Å². The van der Waals surface area contributed by atoms with Gasteiger partial charge in [0.2, 0.25) is 0 Å². The largest absolute Gasteiger partial charge is 0.465 e. The first-order valence-electron chi connectivity index (χ1n) is 7.60.